The molecule has 2 aromatic rings. The molecule has 0 aliphatic carbocycles. The first kappa shape index (κ1) is 9.99. The lowest BCUT2D eigenvalue weighted by atomic mass is 10.0. The Kier molecular flexibility index (Phi) is 2.12. The molecule has 1 N–H and O–H groups in total. The van der Waals surface area contributed by atoms with Gasteiger partial charge in [0, 0.05) is 12.8 Å². The van der Waals surface area contributed by atoms with Crippen LogP contribution in [0.1, 0.15) is 13.3 Å². The maximum atomic E-state index is 5.48. The lowest BCUT2D eigenvalue weighted by Crippen LogP contribution is -2.30. The number of nitrogens with zero attached hydrogens (tertiary/aromatic N) is 2. The van der Waals surface area contributed by atoms with E-state index in [0.29, 0.717) is 6.61 Å². The summed E-state index contributed by atoms with van der Waals surface area (Å²) >= 11 is 5.37. The maximum absolute atomic E-state index is 5.48. The van der Waals surface area contributed by atoms with E-state index in [0.717, 1.165) is 29.0 Å². The normalized spacial score (nSPS) is 25.3. The molecule has 5 heteroatoms. The molecule has 1 saturated heterocycles. The Bertz CT molecular complexity index is 580. The van der Waals surface area contributed by atoms with Gasteiger partial charge in [-0.05, 0) is 37.7 Å². The van der Waals surface area contributed by atoms with E-state index in [-0.39, 0.29) is 5.54 Å². The molecule has 0 aromatic carbocycles. The maximum Gasteiger partial charge on any atom is 0.179 e. The van der Waals surface area contributed by atoms with Gasteiger partial charge in [-0.2, -0.15) is 0 Å². The fraction of sp³-hybridized carbons (Fsp3) is 0.455. The second-order valence-electron chi connectivity index (χ2n) is 4.44. The molecule has 1 fully saturated rings. The molecule has 0 bridgehead atoms. The van der Waals surface area contributed by atoms with Crippen LogP contribution in [0.5, 0.6) is 0 Å². The number of hydrogen-bond acceptors (Lipinski definition) is 3. The van der Waals surface area contributed by atoms with E-state index in [4.69, 9.17) is 17.0 Å². The van der Waals surface area contributed by atoms with Gasteiger partial charge in [0.05, 0.1) is 17.7 Å². The highest BCUT2D eigenvalue weighted by Gasteiger charge is 2.33. The summed E-state index contributed by atoms with van der Waals surface area (Å²) in [5, 5.41) is 0. The van der Waals surface area contributed by atoms with Crippen LogP contribution in [0.15, 0.2) is 18.3 Å². The molecule has 0 saturated carbocycles. The minimum Gasteiger partial charge on any atom is -0.379 e. The summed E-state index contributed by atoms with van der Waals surface area (Å²) in [4.78, 5) is 7.59. The minimum absolute atomic E-state index is 0.0658. The molecule has 4 nitrogen and oxygen atoms in total. The van der Waals surface area contributed by atoms with E-state index in [1.807, 2.05) is 12.1 Å². The summed E-state index contributed by atoms with van der Waals surface area (Å²) in [6.45, 7) is 3.65. The summed E-state index contributed by atoms with van der Waals surface area (Å²) in [5.41, 5.74) is 1.84. The van der Waals surface area contributed by atoms with Gasteiger partial charge in [0.15, 0.2) is 10.4 Å². The van der Waals surface area contributed by atoms with Crippen molar-refractivity contribution in [1.29, 1.82) is 0 Å². The van der Waals surface area contributed by atoms with Gasteiger partial charge in [-0.25, -0.2) is 4.98 Å². The summed E-state index contributed by atoms with van der Waals surface area (Å²) in [7, 11) is 0. The number of aromatic nitrogens is 3. The van der Waals surface area contributed by atoms with Crippen LogP contribution in [0.3, 0.4) is 0 Å². The fourth-order valence-corrected chi connectivity index (χ4v) is 2.69. The largest absolute Gasteiger partial charge is 0.379 e. The Labute approximate surface area is 98.3 Å². The van der Waals surface area contributed by atoms with Crippen LogP contribution in [0.25, 0.3) is 11.2 Å². The first-order valence-corrected chi connectivity index (χ1v) is 5.75. The first-order chi connectivity index (χ1) is 7.71. The predicted octanol–water partition coefficient (Wildman–Crippen LogP) is 2.23. The van der Waals surface area contributed by atoms with Crippen LogP contribution in [0.2, 0.25) is 0 Å². The molecule has 84 valence electrons. The Morgan fingerprint density at radius 3 is 3.25 bits per heavy atom. The van der Waals surface area contributed by atoms with E-state index in [2.05, 4.69) is 21.5 Å². The minimum atomic E-state index is -0.0658. The zero-order chi connectivity index (χ0) is 11.2. The Balaban J connectivity index is 2.30. The summed E-state index contributed by atoms with van der Waals surface area (Å²) in [6.07, 6.45) is 2.77. The molecule has 0 spiro atoms. The lowest BCUT2D eigenvalue weighted by Gasteiger charge is -2.24. The van der Waals surface area contributed by atoms with Crippen LogP contribution in [-0.2, 0) is 10.3 Å². The lowest BCUT2D eigenvalue weighted by molar-refractivity contribution is 0.162. The van der Waals surface area contributed by atoms with E-state index < -0.39 is 0 Å². The second-order valence-corrected chi connectivity index (χ2v) is 4.83. The Hall–Kier alpha value is -1.20. The summed E-state index contributed by atoms with van der Waals surface area (Å²) < 4.78 is 8.29. The van der Waals surface area contributed by atoms with Crippen molar-refractivity contribution in [2.45, 2.75) is 18.9 Å². The van der Waals surface area contributed by atoms with Crippen molar-refractivity contribution in [3.8, 4) is 0 Å². The van der Waals surface area contributed by atoms with Crippen LogP contribution < -0.4 is 0 Å². The van der Waals surface area contributed by atoms with Crippen molar-refractivity contribution < 1.29 is 4.74 Å². The predicted molar refractivity (Wildman–Crippen MR) is 64.0 cm³/mol. The third-order valence-corrected chi connectivity index (χ3v) is 3.47. The highest BCUT2D eigenvalue weighted by molar-refractivity contribution is 7.71. The average molecular weight is 235 g/mol. The fourth-order valence-electron chi connectivity index (χ4n) is 2.27. The third kappa shape index (κ3) is 1.32. The van der Waals surface area contributed by atoms with Crippen molar-refractivity contribution in [1.82, 2.24) is 14.5 Å². The van der Waals surface area contributed by atoms with Crippen LogP contribution in [-0.4, -0.2) is 27.7 Å². The molecular weight excluding hydrogens is 222 g/mol. The Morgan fingerprint density at radius 2 is 2.50 bits per heavy atom. The number of ether oxygens (including phenoxy) is 1. The molecule has 3 heterocycles. The average Bonchev–Trinajstić information content (AvgIpc) is 2.81. The highest BCUT2D eigenvalue weighted by Crippen LogP contribution is 2.30. The quantitative estimate of drug-likeness (QED) is 0.771. The number of rotatable bonds is 1. The molecule has 3 rings (SSSR count). The molecule has 1 unspecified atom stereocenters. The molecule has 0 radical (unpaired) electrons. The molecule has 0 amide bonds. The number of pyridine rings is 1. The Morgan fingerprint density at radius 1 is 1.62 bits per heavy atom. The first-order valence-electron chi connectivity index (χ1n) is 5.35. The molecule has 1 aliphatic rings. The van der Waals surface area contributed by atoms with Gasteiger partial charge in [0.2, 0.25) is 0 Å². The van der Waals surface area contributed by atoms with Crippen molar-refractivity contribution in [2.75, 3.05) is 13.2 Å². The van der Waals surface area contributed by atoms with E-state index in [1.165, 1.54) is 0 Å². The summed E-state index contributed by atoms with van der Waals surface area (Å²) in [5.74, 6) is 0. The molecule has 16 heavy (non-hydrogen) atoms. The monoisotopic (exact) mass is 235 g/mol. The number of imidazole rings is 1. The van der Waals surface area contributed by atoms with Gasteiger partial charge in [-0.1, -0.05) is 0 Å². The van der Waals surface area contributed by atoms with Crippen LogP contribution >= 0.6 is 12.2 Å². The molecule has 1 aliphatic heterocycles. The van der Waals surface area contributed by atoms with Crippen molar-refractivity contribution >= 4 is 23.4 Å². The van der Waals surface area contributed by atoms with Gasteiger partial charge in [-0.15, -0.1) is 0 Å². The van der Waals surface area contributed by atoms with Gasteiger partial charge in [0.1, 0.15) is 0 Å². The topological polar surface area (TPSA) is 42.8 Å². The van der Waals surface area contributed by atoms with Crippen molar-refractivity contribution in [3.63, 3.8) is 0 Å². The highest BCUT2D eigenvalue weighted by atomic mass is 32.1. The van der Waals surface area contributed by atoms with Gasteiger partial charge < -0.3 is 9.72 Å². The van der Waals surface area contributed by atoms with Crippen molar-refractivity contribution in [2.24, 2.45) is 0 Å². The number of aromatic amines is 1. The number of hydrogen-bond donors (Lipinski definition) is 1. The molecular formula is C11H13N3OS. The second kappa shape index (κ2) is 3.40. The van der Waals surface area contributed by atoms with E-state index in [9.17, 15) is 0 Å². The number of nitrogens with one attached hydrogen (secondary N) is 1. The zero-order valence-corrected chi connectivity index (χ0v) is 9.88. The van der Waals surface area contributed by atoms with E-state index in [1.54, 1.807) is 6.20 Å². The van der Waals surface area contributed by atoms with Gasteiger partial charge >= 0.3 is 0 Å². The summed E-state index contributed by atoms with van der Waals surface area (Å²) in [6, 6.07) is 3.90. The standard InChI is InChI=1S/C11H13N3OS/c1-11(4-6-15-7-11)14-9-8(13-10(14)16)3-2-5-12-9/h2-3,5H,4,6-7H2,1H3,(H,13,16). The molecule has 1 atom stereocenters. The third-order valence-electron chi connectivity index (χ3n) is 3.18. The number of fused-ring (bicyclic) bond motifs is 1. The van der Waals surface area contributed by atoms with Gasteiger partial charge in [-0.3, -0.25) is 4.57 Å². The van der Waals surface area contributed by atoms with E-state index >= 15 is 0 Å². The van der Waals surface area contributed by atoms with Crippen LogP contribution in [0.4, 0.5) is 0 Å². The van der Waals surface area contributed by atoms with Gasteiger partial charge in [0.25, 0.3) is 0 Å². The smallest absolute Gasteiger partial charge is 0.179 e. The number of H-pyrrole nitrogens is 1. The zero-order valence-electron chi connectivity index (χ0n) is 9.06. The van der Waals surface area contributed by atoms with Crippen molar-refractivity contribution in [3.05, 3.63) is 23.1 Å². The SMILES string of the molecule is CC1(n2c(=S)[nH]c3cccnc32)CCOC1. The van der Waals surface area contributed by atoms with Crippen LogP contribution in [0, 0.1) is 4.77 Å². The molecule has 2 aromatic heterocycles.